The van der Waals surface area contributed by atoms with Crippen LogP contribution in [0.25, 0.3) is 0 Å². The zero-order chi connectivity index (χ0) is 12.3. The summed E-state index contributed by atoms with van der Waals surface area (Å²) in [7, 11) is 2.19. The zero-order valence-corrected chi connectivity index (χ0v) is 11.5. The topological polar surface area (TPSA) is 38.5 Å². The van der Waals surface area contributed by atoms with E-state index < -0.39 is 0 Å². The lowest BCUT2D eigenvalue weighted by Crippen LogP contribution is -2.52. The molecule has 1 saturated carbocycles. The van der Waals surface area contributed by atoms with Crippen molar-refractivity contribution in [2.45, 2.75) is 57.1 Å². The van der Waals surface area contributed by atoms with Crippen molar-refractivity contribution in [1.29, 1.82) is 0 Å². The molecule has 0 spiro atoms. The minimum Gasteiger partial charge on any atom is -0.377 e. The average molecular weight is 240 g/mol. The van der Waals surface area contributed by atoms with Gasteiger partial charge in [-0.2, -0.15) is 0 Å². The molecule has 1 heterocycles. The summed E-state index contributed by atoms with van der Waals surface area (Å²) in [4.78, 5) is 2.38. The van der Waals surface area contributed by atoms with Gasteiger partial charge in [0.05, 0.1) is 6.10 Å². The minimum atomic E-state index is 0.0466. The number of likely N-dealkylation sites (N-methyl/N-ethyl adjacent to an activating group) is 1. The highest BCUT2D eigenvalue weighted by atomic mass is 16.5. The molecule has 100 valence electrons. The van der Waals surface area contributed by atoms with Crippen LogP contribution < -0.4 is 5.73 Å². The average Bonchev–Trinajstić information content (AvgIpc) is 2.68. The number of hydrogen-bond donors (Lipinski definition) is 1. The highest BCUT2D eigenvalue weighted by molar-refractivity contribution is 4.92. The van der Waals surface area contributed by atoms with Crippen LogP contribution in [-0.2, 0) is 4.74 Å². The summed E-state index contributed by atoms with van der Waals surface area (Å²) in [6.45, 7) is 5.36. The maximum atomic E-state index is 6.54. The summed E-state index contributed by atoms with van der Waals surface area (Å²) < 4.78 is 5.68. The van der Waals surface area contributed by atoms with Crippen molar-refractivity contribution in [2.24, 2.45) is 11.7 Å². The van der Waals surface area contributed by atoms with Crippen LogP contribution in [0.4, 0.5) is 0 Å². The van der Waals surface area contributed by atoms with E-state index in [1.54, 1.807) is 0 Å². The molecule has 3 atom stereocenters. The van der Waals surface area contributed by atoms with E-state index in [2.05, 4.69) is 18.9 Å². The van der Waals surface area contributed by atoms with Crippen molar-refractivity contribution in [3.8, 4) is 0 Å². The van der Waals surface area contributed by atoms with Crippen LogP contribution in [0.3, 0.4) is 0 Å². The largest absolute Gasteiger partial charge is 0.377 e. The van der Waals surface area contributed by atoms with E-state index in [4.69, 9.17) is 10.5 Å². The molecule has 0 aromatic carbocycles. The number of rotatable bonds is 4. The molecule has 2 rings (SSSR count). The number of ether oxygens (including phenoxy) is 1. The van der Waals surface area contributed by atoms with Crippen LogP contribution >= 0.6 is 0 Å². The van der Waals surface area contributed by atoms with Gasteiger partial charge in [-0.1, -0.05) is 19.8 Å². The maximum absolute atomic E-state index is 6.54. The van der Waals surface area contributed by atoms with Crippen molar-refractivity contribution in [3.63, 3.8) is 0 Å². The summed E-state index contributed by atoms with van der Waals surface area (Å²) in [6, 6.07) is 0. The van der Waals surface area contributed by atoms with E-state index in [0.29, 0.717) is 6.10 Å². The van der Waals surface area contributed by atoms with Crippen LogP contribution in [0.2, 0.25) is 0 Å². The summed E-state index contributed by atoms with van der Waals surface area (Å²) in [6.07, 6.45) is 7.92. The van der Waals surface area contributed by atoms with Gasteiger partial charge in [0.1, 0.15) is 0 Å². The third-order valence-electron chi connectivity index (χ3n) is 4.25. The van der Waals surface area contributed by atoms with E-state index in [-0.39, 0.29) is 5.54 Å². The minimum absolute atomic E-state index is 0.0466. The molecule has 3 heteroatoms. The summed E-state index contributed by atoms with van der Waals surface area (Å²) >= 11 is 0. The van der Waals surface area contributed by atoms with Gasteiger partial charge in [-0.25, -0.2) is 0 Å². The van der Waals surface area contributed by atoms with E-state index in [1.165, 1.54) is 38.5 Å². The Morgan fingerprint density at radius 3 is 2.82 bits per heavy atom. The van der Waals surface area contributed by atoms with Crippen molar-refractivity contribution in [2.75, 3.05) is 26.7 Å². The number of hydrogen-bond acceptors (Lipinski definition) is 3. The molecule has 2 N–H and O–H groups in total. The molecule has 0 bridgehead atoms. The van der Waals surface area contributed by atoms with Crippen molar-refractivity contribution in [1.82, 2.24) is 4.90 Å². The van der Waals surface area contributed by atoms with Crippen molar-refractivity contribution in [3.05, 3.63) is 0 Å². The third-order valence-corrected chi connectivity index (χ3v) is 4.25. The Balaban J connectivity index is 1.77. The fourth-order valence-electron chi connectivity index (χ4n) is 3.58. The summed E-state index contributed by atoms with van der Waals surface area (Å²) in [5.41, 5.74) is 6.59. The monoisotopic (exact) mass is 240 g/mol. The SMILES string of the molecule is CC1CCCC(N)(CN(C)CC2CCCO2)C1. The molecule has 0 amide bonds. The Morgan fingerprint density at radius 2 is 2.18 bits per heavy atom. The molecule has 0 aromatic heterocycles. The molecular weight excluding hydrogens is 212 g/mol. The van der Waals surface area contributed by atoms with E-state index in [9.17, 15) is 0 Å². The van der Waals surface area contributed by atoms with Crippen LogP contribution in [-0.4, -0.2) is 43.3 Å². The predicted octanol–water partition coefficient (Wildman–Crippen LogP) is 2.00. The Labute approximate surface area is 106 Å². The second-order valence-corrected chi connectivity index (χ2v) is 6.40. The highest BCUT2D eigenvalue weighted by Gasteiger charge is 2.32. The Hall–Kier alpha value is -0.120. The van der Waals surface area contributed by atoms with Gasteiger partial charge in [0.25, 0.3) is 0 Å². The van der Waals surface area contributed by atoms with Gasteiger partial charge >= 0.3 is 0 Å². The maximum Gasteiger partial charge on any atom is 0.0702 e. The molecule has 3 unspecified atom stereocenters. The second kappa shape index (κ2) is 5.68. The lowest BCUT2D eigenvalue weighted by Gasteiger charge is -2.40. The quantitative estimate of drug-likeness (QED) is 0.817. The number of nitrogens with two attached hydrogens (primary N) is 1. The van der Waals surface area contributed by atoms with Gasteiger partial charge in [0.15, 0.2) is 0 Å². The molecule has 17 heavy (non-hydrogen) atoms. The van der Waals surface area contributed by atoms with Gasteiger partial charge in [-0.15, -0.1) is 0 Å². The van der Waals surface area contributed by atoms with E-state index in [0.717, 1.165) is 25.6 Å². The number of nitrogens with zero attached hydrogens (tertiary/aromatic N) is 1. The first-order valence-corrected chi connectivity index (χ1v) is 7.16. The lowest BCUT2D eigenvalue weighted by atomic mass is 9.77. The fraction of sp³-hybridized carbons (Fsp3) is 1.00. The normalized spacial score (nSPS) is 38.8. The smallest absolute Gasteiger partial charge is 0.0702 e. The van der Waals surface area contributed by atoms with E-state index in [1.807, 2.05) is 0 Å². The summed E-state index contributed by atoms with van der Waals surface area (Å²) in [5.74, 6) is 0.796. The Kier molecular flexibility index (Phi) is 4.45. The van der Waals surface area contributed by atoms with Crippen molar-refractivity contribution >= 4 is 0 Å². The van der Waals surface area contributed by atoms with Crippen molar-refractivity contribution < 1.29 is 4.74 Å². The van der Waals surface area contributed by atoms with Crippen LogP contribution in [0.5, 0.6) is 0 Å². The molecule has 0 aromatic rings. The molecule has 1 aliphatic carbocycles. The predicted molar refractivity (Wildman–Crippen MR) is 71.0 cm³/mol. The van der Waals surface area contributed by atoms with E-state index >= 15 is 0 Å². The molecule has 0 radical (unpaired) electrons. The van der Waals surface area contributed by atoms with Gasteiger partial charge in [0, 0.05) is 25.2 Å². The second-order valence-electron chi connectivity index (χ2n) is 6.40. The zero-order valence-electron chi connectivity index (χ0n) is 11.5. The third kappa shape index (κ3) is 3.94. The molecular formula is C14H28N2O. The molecule has 1 aliphatic heterocycles. The summed E-state index contributed by atoms with van der Waals surface area (Å²) in [5, 5.41) is 0. The van der Waals surface area contributed by atoms with Crippen LogP contribution in [0, 0.1) is 5.92 Å². The van der Waals surface area contributed by atoms with Gasteiger partial charge in [0.2, 0.25) is 0 Å². The first kappa shape index (κ1) is 13.3. The standard InChI is InChI=1S/C14H28N2O/c1-12-5-3-7-14(15,9-12)11-16(2)10-13-6-4-8-17-13/h12-13H,3-11,15H2,1-2H3. The Morgan fingerprint density at radius 1 is 1.35 bits per heavy atom. The molecule has 3 nitrogen and oxygen atoms in total. The first-order valence-electron chi connectivity index (χ1n) is 7.16. The Bertz CT molecular complexity index is 240. The fourth-order valence-corrected chi connectivity index (χ4v) is 3.58. The lowest BCUT2D eigenvalue weighted by molar-refractivity contribution is 0.0682. The molecule has 1 saturated heterocycles. The van der Waals surface area contributed by atoms with Crippen LogP contribution in [0.1, 0.15) is 45.4 Å². The van der Waals surface area contributed by atoms with Gasteiger partial charge in [-0.05, 0) is 38.6 Å². The molecule has 2 fully saturated rings. The van der Waals surface area contributed by atoms with Crippen LogP contribution in [0.15, 0.2) is 0 Å². The highest BCUT2D eigenvalue weighted by Crippen LogP contribution is 2.31. The van der Waals surface area contributed by atoms with Gasteiger partial charge in [-0.3, -0.25) is 0 Å². The first-order chi connectivity index (χ1) is 8.07. The van der Waals surface area contributed by atoms with Gasteiger partial charge < -0.3 is 15.4 Å². The molecule has 2 aliphatic rings.